The number of carbonyl (C=O) groups excluding carboxylic acids is 1. The molecule has 0 aliphatic heterocycles. The van der Waals surface area contributed by atoms with Crippen molar-refractivity contribution in [1.29, 1.82) is 0 Å². The molecule has 0 aliphatic carbocycles. The highest BCUT2D eigenvalue weighted by Gasteiger charge is 2.14. The quantitative estimate of drug-likeness (QED) is 0.794. The molecule has 2 rings (SSSR count). The fourth-order valence-electron chi connectivity index (χ4n) is 2.05. The Labute approximate surface area is 146 Å². The van der Waals surface area contributed by atoms with Crippen LogP contribution in [-0.2, 0) is 0 Å². The van der Waals surface area contributed by atoms with Gasteiger partial charge in [-0.25, -0.2) is 4.98 Å². The van der Waals surface area contributed by atoms with Gasteiger partial charge in [0.2, 0.25) is 0 Å². The molecular weight excluding hydrogens is 330 g/mol. The molecule has 0 spiro atoms. The van der Waals surface area contributed by atoms with Crippen molar-refractivity contribution in [2.75, 3.05) is 31.4 Å². The van der Waals surface area contributed by atoms with E-state index in [1.54, 1.807) is 24.4 Å². The van der Waals surface area contributed by atoms with Gasteiger partial charge in [0.1, 0.15) is 17.2 Å². The van der Waals surface area contributed by atoms with E-state index in [0.717, 1.165) is 18.7 Å². The van der Waals surface area contributed by atoms with Gasteiger partial charge in [-0.15, -0.1) is 0 Å². The molecule has 1 amide bonds. The maximum atomic E-state index is 12.4. The van der Waals surface area contributed by atoms with Gasteiger partial charge in [0.15, 0.2) is 0 Å². The minimum Gasteiger partial charge on any atom is -0.495 e. The van der Waals surface area contributed by atoms with Gasteiger partial charge in [-0.2, -0.15) is 0 Å². The Hall–Kier alpha value is -2.47. The summed E-state index contributed by atoms with van der Waals surface area (Å²) in [7, 11) is 3.00. The first-order valence-corrected chi connectivity index (χ1v) is 7.89. The smallest absolute Gasteiger partial charge is 0.274 e. The van der Waals surface area contributed by atoms with Crippen LogP contribution in [0.4, 0.5) is 11.4 Å². The second-order valence-electron chi connectivity index (χ2n) is 5.00. The summed E-state index contributed by atoms with van der Waals surface area (Å²) in [5, 5.41) is 6.36. The fourth-order valence-corrected chi connectivity index (χ4v) is 2.28. The number of halogens is 1. The van der Waals surface area contributed by atoms with Crippen LogP contribution in [0.5, 0.6) is 11.5 Å². The van der Waals surface area contributed by atoms with Crippen LogP contribution in [0.2, 0.25) is 5.02 Å². The highest BCUT2D eigenvalue weighted by molar-refractivity contribution is 6.32. The standard InChI is InChI=1S/C17H20ClN3O3/c1-4-7-19-11-5-6-13(20-10-11)17(22)21-14-9-15(23-2)12(18)8-16(14)24-3/h5-6,8-10,19H,4,7H2,1-3H3,(H,21,22). The molecule has 1 aromatic carbocycles. The Morgan fingerprint density at radius 2 is 1.96 bits per heavy atom. The topological polar surface area (TPSA) is 72.5 Å². The lowest BCUT2D eigenvalue weighted by Crippen LogP contribution is -2.14. The summed E-state index contributed by atoms with van der Waals surface area (Å²) in [5.41, 5.74) is 1.63. The molecule has 2 aromatic rings. The van der Waals surface area contributed by atoms with Crippen LogP contribution in [0, 0.1) is 0 Å². The number of nitrogens with one attached hydrogen (secondary N) is 2. The lowest BCUT2D eigenvalue weighted by Gasteiger charge is -2.13. The second-order valence-corrected chi connectivity index (χ2v) is 5.41. The molecule has 6 nitrogen and oxygen atoms in total. The van der Waals surface area contributed by atoms with E-state index in [9.17, 15) is 4.79 Å². The van der Waals surface area contributed by atoms with E-state index in [1.165, 1.54) is 14.2 Å². The number of methoxy groups -OCH3 is 2. The first-order chi connectivity index (χ1) is 11.6. The van der Waals surface area contributed by atoms with Crippen LogP contribution in [0.15, 0.2) is 30.5 Å². The number of hydrogen-bond donors (Lipinski definition) is 2. The highest BCUT2D eigenvalue weighted by atomic mass is 35.5. The number of hydrogen-bond acceptors (Lipinski definition) is 5. The highest BCUT2D eigenvalue weighted by Crippen LogP contribution is 2.36. The zero-order chi connectivity index (χ0) is 17.5. The van der Waals surface area contributed by atoms with Crippen molar-refractivity contribution in [3.63, 3.8) is 0 Å². The second kappa shape index (κ2) is 8.40. The lowest BCUT2D eigenvalue weighted by molar-refractivity contribution is 0.102. The van der Waals surface area contributed by atoms with Crippen molar-refractivity contribution in [1.82, 2.24) is 4.98 Å². The van der Waals surface area contributed by atoms with Crippen molar-refractivity contribution < 1.29 is 14.3 Å². The number of pyridine rings is 1. The van der Waals surface area contributed by atoms with Crippen LogP contribution in [-0.4, -0.2) is 31.7 Å². The summed E-state index contributed by atoms with van der Waals surface area (Å²) in [4.78, 5) is 16.5. The molecule has 7 heteroatoms. The summed E-state index contributed by atoms with van der Waals surface area (Å²) in [6.45, 7) is 2.94. The van der Waals surface area contributed by atoms with Crippen molar-refractivity contribution in [2.24, 2.45) is 0 Å². The third kappa shape index (κ3) is 4.29. The maximum Gasteiger partial charge on any atom is 0.274 e. The largest absolute Gasteiger partial charge is 0.495 e. The van der Waals surface area contributed by atoms with E-state index < -0.39 is 0 Å². The van der Waals surface area contributed by atoms with Crippen molar-refractivity contribution in [3.8, 4) is 11.5 Å². The molecule has 24 heavy (non-hydrogen) atoms. The first kappa shape index (κ1) is 17.9. The minimum absolute atomic E-state index is 0.299. The number of nitrogens with zero attached hydrogens (tertiary/aromatic N) is 1. The predicted molar refractivity (Wildman–Crippen MR) is 95.5 cm³/mol. The van der Waals surface area contributed by atoms with Gasteiger partial charge >= 0.3 is 0 Å². The van der Waals surface area contributed by atoms with Gasteiger partial charge in [0, 0.05) is 18.7 Å². The fraction of sp³-hybridized carbons (Fsp3) is 0.294. The zero-order valence-electron chi connectivity index (χ0n) is 13.9. The molecule has 0 aliphatic rings. The average Bonchev–Trinajstić information content (AvgIpc) is 2.61. The van der Waals surface area contributed by atoms with Gasteiger partial charge in [-0.1, -0.05) is 18.5 Å². The van der Waals surface area contributed by atoms with Gasteiger partial charge in [-0.3, -0.25) is 4.79 Å². The molecule has 128 valence electrons. The molecular formula is C17H20ClN3O3. The first-order valence-electron chi connectivity index (χ1n) is 7.51. The molecule has 0 unspecified atom stereocenters. The Balaban J connectivity index is 2.17. The summed E-state index contributed by atoms with van der Waals surface area (Å²) in [5.74, 6) is 0.537. The van der Waals surface area contributed by atoms with Gasteiger partial charge in [-0.05, 0) is 18.6 Å². The average molecular weight is 350 g/mol. The molecule has 0 saturated carbocycles. The van der Waals surface area contributed by atoms with Crippen LogP contribution in [0.25, 0.3) is 0 Å². The van der Waals surface area contributed by atoms with E-state index in [2.05, 4.69) is 22.5 Å². The van der Waals surface area contributed by atoms with Gasteiger partial charge in [0.05, 0.1) is 36.8 Å². The van der Waals surface area contributed by atoms with Gasteiger partial charge in [0.25, 0.3) is 5.91 Å². The van der Waals surface area contributed by atoms with E-state index >= 15 is 0 Å². The van der Waals surface area contributed by atoms with Crippen LogP contribution in [0.1, 0.15) is 23.8 Å². The molecule has 1 aromatic heterocycles. The number of anilines is 2. The third-order valence-corrected chi connectivity index (χ3v) is 3.59. The monoisotopic (exact) mass is 349 g/mol. The normalized spacial score (nSPS) is 10.2. The number of amides is 1. The SMILES string of the molecule is CCCNc1ccc(C(=O)Nc2cc(OC)c(Cl)cc2OC)nc1. The van der Waals surface area contributed by atoms with E-state index in [0.29, 0.717) is 27.9 Å². The molecule has 2 N–H and O–H groups in total. The number of rotatable bonds is 7. The van der Waals surface area contributed by atoms with Crippen molar-refractivity contribution in [2.45, 2.75) is 13.3 Å². The Bertz CT molecular complexity index is 705. The summed E-state index contributed by atoms with van der Waals surface area (Å²) < 4.78 is 10.4. The number of benzene rings is 1. The van der Waals surface area contributed by atoms with Crippen molar-refractivity contribution >= 4 is 28.9 Å². The number of carbonyl (C=O) groups is 1. The number of aromatic nitrogens is 1. The zero-order valence-corrected chi connectivity index (χ0v) is 14.6. The summed E-state index contributed by atoms with van der Waals surface area (Å²) >= 11 is 6.06. The van der Waals surface area contributed by atoms with E-state index in [4.69, 9.17) is 21.1 Å². The minimum atomic E-state index is -0.347. The Kier molecular flexibility index (Phi) is 6.26. The van der Waals surface area contributed by atoms with Crippen LogP contribution >= 0.6 is 11.6 Å². The number of ether oxygens (including phenoxy) is 2. The lowest BCUT2D eigenvalue weighted by atomic mass is 10.2. The molecule has 0 atom stereocenters. The molecule has 0 bridgehead atoms. The maximum absolute atomic E-state index is 12.4. The van der Waals surface area contributed by atoms with Crippen molar-refractivity contribution in [3.05, 3.63) is 41.2 Å². The van der Waals surface area contributed by atoms with Gasteiger partial charge < -0.3 is 20.1 Å². The molecule has 0 radical (unpaired) electrons. The van der Waals surface area contributed by atoms with Crippen LogP contribution < -0.4 is 20.1 Å². The molecule has 1 heterocycles. The predicted octanol–water partition coefficient (Wildman–Crippen LogP) is 3.83. The Morgan fingerprint density at radius 3 is 2.54 bits per heavy atom. The van der Waals surface area contributed by atoms with E-state index in [-0.39, 0.29) is 5.91 Å². The third-order valence-electron chi connectivity index (χ3n) is 3.30. The van der Waals surface area contributed by atoms with Crippen LogP contribution in [0.3, 0.4) is 0 Å². The molecule has 0 fully saturated rings. The summed E-state index contributed by atoms with van der Waals surface area (Å²) in [6, 6.07) is 6.67. The Morgan fingerprint density at radius 1 is 1.21 bits per heavy atom. The molecule has 0 saturated heterocycles. The summed E-state index contributed by atoms with van der Waals surface area (Å²) in [6.07, 6.45) is 2.64. The van der Waals surface area contributed by atoms with E-state index in [1.807, 2.05) is 6.07 Å².